The Hall–Kier alpha value is -3.48. The van der Waals surface area contributed by atoms with E-state index in [0.717, 1.165) is 22.0 Å². The van der Waals surface area contributed by atoms with Gasteiger partial charge in [-0.2, -0.15) is 4.98 Å². The molecule has 0 saturated heterocycles. The van der Waals surface area contributed by atoms with Crippen molar-refractivity contribution in [2.75, 3.05) is 0 Å². The molecule has 6 nitrogen and oxygen atoms in total. The molecule has 0 aliphatic carbocycles. The summed E-state index contributed by atoms with van der Waals surface area (Å²) in [5, 5.41) is 5.62. The number of aryl methyl sites for hydroxylation is 1. The van der Waals surface area contributed by atoms with Crippen molar-refractivity contribution in [3.8, 4) is 11.5 Å². The number of nitrogens with zero attached hydrogens (tertiary/aromatic N) is 4. The third-order valence-corrected chi connectivity index (χ3v) is 5.84. The highest BCUT2D eigenvalue weighted by atomic mass is 35.5. The van der Waals surface area contributed by atoms with Gasteiger partial charge in [0.15, 0.2) is 0 Å². The van der Waals surface area contributed by atoms with Gasteiger partial charge in [-0.1, -0.05) is 52.1 Å². The zero-order chi connectivity index (χ0) is 22.2. The number of hydrogen-bond acceptors (Lipinski definition) is 5. The summed E-state index contributed by atoms with van der Waals surface area (Å²) < 4.78 is 7.21. The molecule has 0 saturated carbocycles. The predicted molar refractivity (Wildman–Crippen MR) is 123 cm³/mol. The quantitative estimate of drug-likeness (QED) is 0.300. The Morgan fingerprint density at radius 1 is 1.03 bits per heavy atom. The van der Waals surface area contributed by atoms with Crippen LogP contribution in [0.25, 0.3) is 22.4 Å². The number of rotatable bonds is 5. The van der Waals surface area contributed by atoms with Crippen molar-refractivity contribution in [3.63, 3.8) is 0 Å². The molecular formula is C24H16Cl2N4O2. The van der Waals surface area contributed by atoms with Gasteiger partial charge in [-0.25, -0.2) is 0 Å². The van der Waals surface area contributed by atoms with Gasteiger partial charge in [0.2, 0.25) is 11.6 Å². The smallest absolute Gasteiger partial charge is 0.258 e. The second-order valence-corrected chi connectivity index (χ2v) is 8.18. The van der Waals surface area contributed by atoms with Crippen molar-refractivity contribution < 1.29 is 9.32 Å². The first-order valence-corrected chi connectivity index (χ1v) is 10.6. The van der Waals surface area contributed by atoms with Gasteiger partial charge in [-0.3, -0.25) is 9.78 Å². The molecule has 0 radical (unpaired) electrons. The lowest BCUT2D eigenvalue weighted by atomic mass is 10.1. The molecule has 5 rings (SSSR count). The fourth-order valence-corrected chi connectivity index (χ4v) is 4.08. The molecule has 3 heterocycles. The number of fused-ring (bicyclic) bond motifs is 1. The lowest BCUT2D eigenvalue weighted by Gasteiger charge is -2.08. The summed E-state index contributed by atoms with van der Waals surface area (Å²) in [7, 11) is 0. The first-order valence-electron chi connectivity index (χ1n) is 9.83. The molecule has 0 spiro atoms. The molecule has 0 amide bonds. The summed E-state index contributed by atoms with van der Waals surface area (Å²) in [6.45, 7) is 2.45. The van der Waals surface area contributed by atoms with Crippen molar-refractivity contribution in [2.45, 2.75) is 13.5 Å². The molecule has 32 heavy (non-hydrogen) atoms. The molecule has 0 aliphatic heterocycles. The largest absolute Gasteiger partial charge is 0.333 e. The second kappa shape index (κ2) is 8.22. The molecule has 158 valence electrons. The molecule has 8 heteroatoms. The minimum Gasteiger partial charge on any atom is -0.333 e. The minimum absolute atomic E-state index is 0.0502. The molecule has 3 aromatic heterocycles. The fraction of sp³-hybridized carbons (Fsp3) is 0.0833. The molecule has 0 N–H and O–H groups in total. The van der Waals surface area contributed by atoms with Crippen LogP contribution in [0.1, 0.15) is 27.3 Å². The van der Waals surface area contributed by atoms with Gasteiger partial charge in [0.25, 0.3) is 5.89 Å². The highest BCUT2D eigenvalue weighted by Crippen LogP contribution is 2.33. The number of carbonyl (C=O) groups is 1. The number of halogens is 2. The SMILES string of the molecule is Cc1ccc2c(c1)c(C(=O)c1noc(-c3ccncc3)n1)c(Cl)n2Cc1ccc(Cl)cc1. The Labute approximate surface area is 193 Å². The van der Waals surface area contributed by atoms with Crippen LogP contribution in [0.5, 0.6) is 0 Å². The van der Waals surface area contributed by atoms with Crippen molar-refractivity contribution in [2.24, 2.45) is 0 Å². The average Bonchev–Trinajstić information content (AvgIpc) is 3.39. The van der Waals surface area contributed by atoms with Gasteiger partial charge in [0.1, 0.15) is 5.15 Å². The van der Waals surface area contributed by atoms with E-state index in [1.165, 1.54) is 0 Å². The standard InChI is InChI=1S/C24H16Cl2N4O2/c1-14-2-7-19-18(12-14)20(22(26)30(19)13-15-3-5-17(25)6-4-15)21(31)23-28-24(32-29-23)16-8-10-27-11-9-16/h2-12H,13H2,1H3. The summed E-state index contributed by atoms with van der Waals surface area (Å²) in [5.74, 6) is -0.205. The normalized spacial score (nSPS) is 11.2. The summed E-state index contributed by atoms with van der Waals surface area (Å²) in [5.41, 5.74) is 3.89. The number of benzene rings is 2. The molecule has 0 atom stereocenters. The molecule has 0 unspecified atom stereocenters. The molecule has 0 aliphatic rings. The predicted octanol–water partition coefficient (Wildman–Crippen LogP) is 5.98. The number of carbonyl (C=O) groups excluding carboxylic acids is 1. The van der Waals surface area contributed by atoms with Crippen LogP contribution in [0.2, 0.25) is 10.2 Å². The van der Waals surface area contributed by atoms with Crippen LogP contribution in [0.4, 0.5) is 0 Å². The van der Waals surface area contributed by atoms with Gasteiger partial charge in [0.05, 0.1) is 11.1 Å². The number of ketones is 1. The van der Waals surface area contributed by atoms with E-state index >= 15 is 0 Å². The van der Waals surface area contributed by atoms with Crippen LogP contribution in [0.3, 0.4) is 0 Å². The summed E-state index contributed by atoms with van der Waals surface area (Å²) in [6, 6.07) is 16.9. The van der Waals surface area contributed by atoms with Gasteiger partial charge in [-0.05, 0) is 48.9 Å². The summed E-state index contributed by atoms with van der Waals surface area (Å²) in [4.78, 5) is 21.7. The first kappa shape index (κ1) is 20.4. The number of aromatic nitrogens is 4. The third kappa shape index (κ3) is 3.68. The van der Waals surface area contributed by atoms with Crippen LogP contribution >= 0.6 is 23.2 Å². The Kier molecular flexibility index (Phi) is 5.25. The van der Waals surface area contributed by atoms with E-state index in [1.54, 1.807) is 24.5 Å². The van der Waals surface area contributed by atoms with Crippen molar-refractivity contribution in [1.29, 1.82) is 0 Å². The monoisotopic (exact) mass is 462 g/mol. The Morgan fingerprint density at radius 2 is 1.78 bits per heavy atom. The van der Waals surface area contributed by atoms with Crippen LogP contribution in [-0.4, -0.2) is 25.5 Å². The highest BCUT2D eigenvalue weighted by Gasteiger charge is 2.26. The third-order valence-electron chi connectivity index (χ3n) is 5.19. The van der Waals surface area contributed by atoms with E-state index in [-0.39, 0.29) is 11.7 Å². The average molecular weight is 463 g/mol. The first-order chi connectivity index (χ1) is 15.5. The van der Waals surface area contributed by atoms with E-state index in [0.29, 0.717) is 27.8 Å². The molecule has 0 fully saturated rings. The minimum atomic E-state index is -0.399. The Balaban J connectivity index is 1.60. The number of pyridine rings is 1. The lowest BCUT2D eigenvalue weighted by molar-refractivity contribution is 0.102. The number of hydrogen-bond donors (Lipinski definition) is 0. The van der Waals surface area contributed by atoms with E-state index in [4.69, 9.17) is 27.7 Å². The van der Waals surface area contributed by atoms with Crippen LogP contribution in [0, 0.1) is 6.92 Å². The molecular weight excluding hydrogens is 447 g/mol. The van der Waals surface area contributed by atoms with E-state index in [9.17, 15) is 4.79 Å². The van der Waals surface area contributed by atoms with Gasteiger partial charge in [-0.15, -0.1) is 0 Å². The maximum absolute atomic E-state index is 13.4. The fourth-order valence-electron chi connectivity index (χ4n) is 3.62. The summed E-state index contributed by atoms with van der Waals surface area (Å²) >= 11 is 12.8. The van der Waals surface area contributed by atoms with E-state index in [2.05, 4.69) is 15.1 Å². The van der Waals surface area contributed by atoms with Gasteiger partial charge < -0.3 is 9.09 Å². The van der Waals surface area contributed by atoms with Crippen molar-refractivity contribution >= 4 is 39.9 Å². The molecule has 2 aromatic carbocycles. The second-order valence-electron chi connectivity index (χ2n) is 7.39. The van der Waals surface area contributed by atoms with Crippen LogP contribution in [-0.2, 0) is 6.54 Å². The van der Waals surface area contributed by atoms with E-state index < -0.39 is 5.78 Å². The maximum Gasteiger partial charge on any atom is 0.258 e. The molecule has 0 bridgehead atoms. The van der Waals surface area contributed by atoms with Crippen LogP contribution < -0.4 is 0 Å². The lowest BCUT2D eigenvalue weighted by Crippen LogP contribution is -2.05. The maximum atomic E-state index is 13.4. The Bertz CT molecular complexity index is 1440. The van der Waals surface area contributed by atoms with Crippen molar-refractivity contribution in [3.05, 3.63) is 99.7 Å². The zero-order valence-corrected chi connectivity index (χ0v) is 18.4. The zero-order valence-electron chi connectivity index (χ0n) is 16.9. The van der Waals surface area contributed by atoms with Gasteiger partial charge in [0, 0.05) is 34.9 Å². The Morgan fingerprint density at radius 3 is 2.53 bits per heavy atom. The summed E-state index contributed by atoms with van der Waals surface area (Å²) in [6.07, 6.45) is 3.23. The molecule has 5 aromatic rings. The topological polar surface area (TPSA) is 73.8 Å². The van der Waals surface area contributed by atoms with E-state index in [1.807, 2.05) is 54.0 Å². The highest BCUT2D eigenvalue weighted by molar-refractivity contribution is 6.37. The van der Waals surface area contributed by atoms with Crippen LogP contribution in [0.15, 0.2) is 71.5 Å². The van der Waals surface area contributed by atoms with Gasteiger partial charge >= 0.3 is 0 Å². The van der Waals surface area contributed by atoms with Crippen molar-refractivity contribution in [1.82, 2.24) is 19.7 Å².